The lowest BCUT2D eigenvalue weighted by molar-refractivity contribution is 0.554. The van der Waals surface area contributed by atoms with Crippen LogP contribution in [-0.2, 0) is 0 Å². The van der Waals surface area contributed by atoms with Crippen LogP contribution in [-0.4, -0.2) is 4.98 Å². The molecule has 0 aliphatic carbocycles. The fraction of sp³-hybridized carbons (Fsp3) is 0.154. The number of nitrogens with two attached hydrogens (primary N) is 1. The Balaban J connectivity index is 2.52. The molecule has 1 aromatic carbocycles. The first-order chi connectivity index (χ1) is 8.63. The molecule has 2 aromatic rings. The summed E-state index contributed by atoms with van der Waals surface area (Å²) in [4.78, 5) is 3.73. The number of aryl methyl sites for hydroxylation is 1. The summed E-state index contributed by atoms with van der Waals surface area (Å²) < 4.78 is 13.8. The van der Waals surface area contributed by atoms with Crippen molar-refractivity contribution >= 4 is 11.6 Å². The molecule has 18 heavy (non-hydrogen) atoms. The van der Waals surface area contributed by atoms with Crippen LogP contribution >= 0.6 is 11.6 Å². The van der Waals surface area contributed by atoms with E-state index in [1.165, 1.54) is 12.4 Å². The standard InChI is InChI=1S/C13H13ClFN3/c1-8-2-3-9(14)6-11(8)13(18-16)10-4-5-17-7-12(10)15/h2-7,13,18H,16H2,1H3. The molecule has 1 aromatic heterocycles. The molecule has 1 heterocycles. The second kappa shape index (κ2) is 5.44. The fourth-order valence-electron chi connectivity index (χ4n) is 1.89. The molecule has 2 rings (SSSR count). The van der Waals surface area contributed by atoms with Crippen LogP contribution in [0, 0.1) is 12.7 Å². The summed E-state index contributed by atoms with van der Waals surface area (Å²) in [6, 6.07) is 6.59. The topological polar surface area (TPSA) is 50.9 Å². The maximum atomic E-state index is 13.8. The Hall–Kier alpha value is -1.49. The Morgan fingerprint density at radius 2 is 2.11 bits per heavy atom. The quantitative estimate of drug-likeness (QED) is 0.663. The van der Waals surface area contributed by atoms with Crippen LogP contribution in [0.1, 0.15) is 22.7 Å². The number of hydrogen-bond acceptors (Lipinski definition) is 3. The van der Waals surface area contributed by atoms with Crippen molar-refractivity contribution in [3.8, 4) is 0 Å². The highest BCUT2D eigenvalue weighted by Gasteiger charge is 2.18. The average molecular weight is 266 g/mol. The minimum absolute atomic E-state index is 0.403. The maximum Gasteiger partial charge on any atom is 0.146 e. The van der Waals surface area contributed by atoms with E-state index in [0.717, 1.165) is 11.1 Å². The monoisotopic (exact) mass is 265 g/mol. The van der Waals surface area contributed by atoms with Gasteiger partial charge in [0.25, 0.3) is 0 Å². The molecule has 0 aliphatic rings. The Morgan fingerprint density at radius 3 is 2.78 bits per heavy atom. The van der Waals surface area contributed by atoms with Gasteiger partial charge in [0.05, 0.1) is 12.2 Å². The third-order valence-corrected chi connectivity index (χ3v) is 3.07. The molecule has 0 aliphatic heterocycles. The largest absolute Gasteiger partial charge is 0.271 e. The number of pyridine rings is 1. The summed E-state index contributed by atoms with van der Waals surface area (Å²) in [6.07, 6.45) is 2.70. The number of nitrogens with one attached hydrogen (secondary N) is 1. The summed E-state index contributed by atoms with van der Waals surface area (Å²) in [5.74, 6) is 5.14. The summed E-state index contributed by atoms with van der Waals surface area (Å²) in [5.41, 5.74) is 4.89. The number of rotatable bonds is 3. The van der Waals surface area contributed by atoms with E-state index in [0.29, 0.717) is 10.6 Å². The highest BCUT2D eigenvalue weighted by atomic mass is 35.5. The van der Waals surface area contributed by atoms with Crippen molar-refractivity contribution in [1.29, 1.82) is 0 Å². The third-order valence-electron chi connectivity index (χ3n) is 2.83. The van der Waals surface area contributed by atoms with Gasteiger partial charge >= 0.3 is 0 Å². The molecular weight excluding hydrogens is 253 g/mol. The van der Waals surface area contributed by atoms with Crippen molar-refractivity contribution in [3.63, 3.8) is 0 Å². The molecule has 0 spiro atoms. The second-order valence-corrected chi connectivity index (χ2v) is 4.43. The molecular formula is C13H13ClFN3. The molecule has 0 fully saturated rings. The predicted molar refractivity (Wildman–Crippen MR) is 69.6 cm³/mol. The third kappa shape index (κ3) is 2.51. The minimum Gasteiger partial charge on any atom is -0.271 e. The van der Waals surface area contributed by atoms with Crippen molar-refractivity contribution in [2.45, 2.75) is 13.0 Å². The van der Waals surface area contributed by atoms with Crippen molar-refractivity contribution < 1.29 is 4.39 Å². The van der Waals surface area contributed by atoms with Crippen LogP contribution in [0.5, 0.6) is 0 Å². The van der Waals surface area contributed by atoms with Crippen LogP contribution in [0.3, 0.4) is 0 Å². The number of hydrogen-bond donors (Lipinski definition) is 2. The molecule has 3 nitrogen and oxygen atoms in total. The zero-order chi connectivity index (χ0) is 13.1. The van der Waals surface area contributed by atoms with Crippen molar-refractivity contribution in [2.24, 2.45) is 5.84 Å². The van der Waals surface area contributed by atoms with Crippen LogP contribution < -0.4 is 11.3 Å². The summed E-state index contributed by atoms with van der Waals surface area (Å²) in [6.45, 7) is 1.93. The van der Waals surface area contributed by atoms with Crippen LogP contribution in [0.15, 0.2) is 36.7 Å². The van der Waals surface area contributed by atoms with E-state index in [4.69, 9.17) is 17.4 Å². The van der Waals surface area contributed by atoms with Gasteiger partial charge in [-0.1, -0.05) is 17.7 Å². The van der Waals surface area contributed by atoms with Gasteiger partial charge in [0.15, 0.2) is 0 Å². The fourth-order valence-corrected chi connectivity index (χ4v) is 2.07. The lowest BCUT2D eigenvalue weighted by atomic mass is 9.96. The number of hydrazine groups is 1. The maximum absolute atomic E-state index is 13.8. The average Bonchev–Trinajstić information content (AvgIpc) is 2.36. The number of benzene rings is 1. The van der Waals surface area contributed by atoms with Crippen LogP contribution in [0.2, 0.25) is 5.02 Å². The van der Waals surface area contributed by atoms with Gasteiger partial charge in [-0.2, -0.15) is 0 Å². The van der Waals surface area contributed by atoms with Crippen molar-refractivity contribution in [2.75, 3.05) is 0 Å². The van der Waals surface area contributed by atoms with E-state index in [2.05, 4.69) is 10.4 Å². The van der Waals surface area contributed by atoms with Gasteiger partial charge < -0.3 is 0 Å². The van der Waals surface area contributed by atoms with E-state index in [-0.39, 0.29) is 0 Å². The smallest absolute Gasteiger partial charge is 0.146 e. The molecule has 0 radical (unpaired) electrons. The zero-order valence-electron chi connectivity index (χ0n) is 9.82. The summed E-state index contributed by atoms with van der Waals surface area (Å²) in [7, 11) is 0. The molecule has 94 valence electrons. The van der Waals surface area contributed by atoms with Crippen molar-refractivity contribution in [3.05, 3.63) is 64.2 Å². The van der Waals surface area contributed by atoms with Gasteiger partial charge in [-0.25, -0.2) is 9.82 Å². The van der Waals surface area contributed by atoms with E-state index < -0.39 is 11.9 Å². The summed E-state index contributed by atoms with van der Waals surface area (Å²) in [5, 5.41) is 0.588. The van der Waals surface area contributed by atoms with Gasteiger partial charge in [0.2, 0.25) is 0 Å². The molecule has 0 saturated carbocycles. The predicted octanol–water partition coefficient (Wildman–Crippen LogP) is 2.74. The van der Waals surface area contributed by atoms with Gasteiger partial charge in [-0.3, -0.25) is 10.8 Å². The van der Waals surface area contributed by atoms with E-state index in [9.17, 15) is 4.39 Å². The lowest BCUT2D eigenvalue weighted by Gasteiger charge is -2.19. The van der Waals surface area contributed by atoms with Gasteiger partial charge in [-0.15, -0.1) is 0 Å². The molecule has 1 unspecified atom stereocenters. The highest BCUT2D eigenvalue weighted by Crippen LogP contribution is 2.27. The highest BCUT2D eigenvalue weighted by molar-refractivity contribution is 6.30. The zero-order valence-corrected chi connectivity index (χ0v) is 10.6. The van der Waals surface area contributed by atoms with E-state index in [1.54, 1.807) is 18.2 Å². The van der Waals surface area contributed by atoms with E-state index >= 15 is 0 Å². The Kier molecular flexibility index (Phi) is 3.91. The van der Waals surface area contributed by atoms with Gasteiger partial charge in [0.1, 0.15) is 5.82 Å². The summed E-state index contributed by atoms with van der Waals surface area (Å²) >= 11 is 5.97. The normalized spacial score (nSPS) is 12.4. The Bertz CT molecular complexity index is 560. The van der Waals surface area contributed by atoms with E-state index in [1.807, 2.05) is 13.0 Å². The SMILES string of the molecule is Cc1ccc(Cl)cc1C(NN)c1ccncc1F. The first kappa shape index (κ1) is 13.0. The first-order valence-electron chi connectivity index (χ1n) is 5.45. The molecule has 1 atom stereocenters. The molecule has 3 N–H and O–H groups in total. The number of nitrogens with zero attached hydrogens (tertiary/aromatic N) is 1. The van der Waals surface area contributed by atoms with Crippen LogP contribution in [0.4, 0.5) is 4.39 Å². The Labute approximate surface area is 110 Å². The second-order valence-electron chi connectivity index (χ2n) is 4.00. The Morgan fingerprint density at radius 1 is 1.33 bits per heavy atom. The van der Waals surface area contributed by atoms with Crippen LogP contribution in [0.25, 0.3) is 0 Å². The van der Waals surface area contributed by atoms with Gasteiger partial charge in [-0.05, 0) is 36.2 Å². The molecule has 0 amide bonds. The number of aromatic nitrogens is 1. The van der Waals surface area contributed by atoms with Crippen molar-refractivity contribution in [1.82, 2.24) is 10.4 Å². The molecule has 0 saturated heterocycles. The minimum atomic E-state index is -0.452. The first-order valence-corrected chi connectivity index (χ1v) is 5.83. The molecule has 5 heteroatoms. The lowest BCUT2D eigenvalue weighted by Crippen LogP contribution is -2.30. The molecule has 0 bridgehead atoms. The van der Waals surface area contributed by atoms with Gasteiger partial charge in [0, 0.05) is 16.8 Å². The number of halogens is 2.